The standard InChI is InChI=1S/C16H22N2O3.C15H25NO4.C2H6.H2/c1-18(11-12-6-8-17-10-12)16(19)15-7-9-20-13-4-2-3-5-14(13)21-15;1-11(2)16-15(17)12-6-7-13(19-4)14(10-12)20-9-5-8-18-3;1-2;/h2-5,12,15,17H,6-11H2,1H3;6-7,10-11,13-14H,5,8-9H2,1-4H3,(H,16,17);1-2H3;1H/t12-,15?;;;/m0.../s1. The number of ether oxygens (including phenoxy) is 5. The van der Waals surface area contributed by atoms with Crippen molar-refractivity contribution in [3.8, 4) is 11.5 Å². The lowest BCUT2D eigenvalue weighted by atomic mass is 10.0. The fourth-order valence-electron chi connectivity index (χ4n) is 4.83. The van der Waals surface area contributed by atoms with Gasteiger partial charge in [-0.25, -0.2) is 0 Å². The quantitative estimate of drug-likeness (QED) is 0.365. The van der Waals surface area contributed by atoms with Crippen molar-refractivity contribution < 1.29 is 34.7 Å². The zero-order valence-corrected chi connectivity index (χ0v) is 27.1. The van der Waals surface area contributed by atoms with Gasteiger partial charge < -0.3 is 39.2 Å². The molecule has 0 radical (unpaired) electrons. The van der Waals surface area contributed by atoms with Gasteiger partial charge in [-0.05, 0) is 63.9 Å². The average molecular weight is 606 g/mol. The van der Waals surface area contributed by atoms with Gasteiger partial charge in [0.15, 0.2) is 17.6 Å². The fourth-order valence-corrected chi connectivity index (χ4v) is 4.83. The Morgan fingerprint density at radius 1 is 1.12 bits per heavy atom. The fraction of sp³-hybridized carbons (Fsp3) is 0.636. The first-order chi connectivity index (χ1) is 20.8. The zero-order valence-electron chi connectivity index (χ0n) is 27.1. The molecule has 10 heteroatoms. The molecule has 2 heterocycles. The molecule has 244 valence electrons. The van der Waals surface area contributed by atoms with Crippen LogP contribution >= 0.6 is 0 Å². The summed E-state index contributed by atoms with van der Waals surface area (Å²) >= 11 is 0. The average Bonchev–Trinajstić information content (AvgIpc) is 3.43. The van der Waals surface area contributed by atoms with E-state index >= 15 is 0 Å². The highest BCUT2D eigenvalue weighted by Crippen LogP contribution is 2.30. The van der Waals surface area contributed by atoms with Crippen LogP contribution in [0.4, 0.5) is 0 Å². The van der Waals surface area contributed by atoms with E-state index in [1.165, 1.54) is 0 Å². The molecule has 2 aliphatic heterocycles. The van der Waals surface area contributed by atoms with E-state index in [0.717, 1.165) is 38.2 Å². The third-order valence-electron chi connectivity index (χ3n) is 6.99. The Labute approximate surface area is 259 Å². The molecule has 4 rings (SSSR count). The molecule has 1 saturated heterocycles. The predicted octanol–water partition coefficient (Wildman–Crippen LogP) is 4.00. The number of fused-ring (bicyclic) bond motifs is 1. The molecule has 3 aliphatic rings. The van der Waals surface area contributed by atoms with Gasteiger partial charge in [-0.3, -0.25) is 9.59 Å². The first-order valence-electron chi connectivity index (χ1n) is 15.5. The highest BCUT2D eigenvalue weighted by atomic mass is 16.5. The number of carbonyl (C=O) groups excluding carboxylic acids is 2. The summed E-state index contributed by atoms with van der Waals surface area (Å²) in [5, 5.41) is 6.20. The summed E-state index contributed by atoms with van der Waals surface area (Å²) in [6.45, 7) is 12.4. The molecule has 0 aromatic heterocycles. The van der Waals surface area contributed by atoms with Crippen LogP contribution < -0.4 is 20.1 Å². The summed E-state index contributed by atoms with van der Waals surface area (Å²) in [5.41, 5.74) is 0.615. The smallest absolute Gasteiger partial charge is 0.263 e. The van der Waals surface area contributed by atoms with Gasteiger partial charge in [-0.15, -0.1) is 0 Å². The van der Waals surface area contributed by atoms with Crippen LogP contribution in [0.3, 0.4) is 0 Å². The van der Waals surface area contributed by atoms with Gasteiger partial charge in [0.2, 0.25) is 0 Å². The van der Waals surface area contributed by atoms with E-state index in [9.17, 15) is 9.59 Å². The molecule has 1 aromatic rings. The second-order valence-electron chi connectivity index (χ2n) is 10.8. The Morgan fingerprint density at radius 2 is 1.86 bits per heavy atom. The van der Waals surface area contributed by atoms with Crippen LogP contribution in [0.1, 0.15) is 48.4 Å². The van der Waals surface area contributed by atoms with Crippen molar-refractivity contribution in [2.45, 2.75) is 71.3 Å². The minimum absolute atomic E-state index is 0. The number of nitrogens with one attached hydrogen (secondary N) is 2. The van der Waals surface area contributed by atoms with Gasteiger partial charge in [0.1, 0.15) is 12.2 Å². The Morgan fingerprint density at radius 3 is 2.51 bits per heavy atom. The largest absolute Gasteiger partial charge is 0.490 e. The third-order valence-corrected chi connectivity index (χ3v) is 6.99. The first kappa shape index (κ1) is 36.3. The Bertz CT molecular complexity index is 1030. The zero-order chi connectivity index (χ0) is 31.6. The molecule has 2 amide bonds. The minimum atomic E-state index is -0.451. The maximum Gasteiger partial charge on any atom is 0.263 e. The lowest BCUT2D eigenvalue weighted by Crippen LogP contribution is -2.42. The van der Waals surface area contributed by atoms with Crippen LogP contribution in [0.2, 0.25) is 0 Å². The van der Waals surface area contributed by atoms with Crippen molar-refractivity contribution in [2.24, 2.45) is 5.92 Å². The predicted molar refractivity (Wildman–Crippen MR) is 171 cm³/mol. The number of carbonyl (C=O) groups is 2. The molecule has 3 unspecified atom stereocenters. The third kappa shape index (κ3) is 12.3. The minimum Gasteiger partial charge on any atom is -0.490 e. The first-order valence-corrected chi connectivity index (χ1v) is 15.5. The van der Waals surface area contributed by atoms with E-state index in [1.807, 2.05) is 71.2 Å². The van der Waals surface area contributed by atoms with Gasteiger partial charge in [-0.1, -0.05) is 38.1 Å². The number of rotatable bonds is 11. The molecule has 1 aromatic carbocycles. The lowest BCUT2D eigenvalue weighted by molar-refractivity contribution is -0.138. The number of likely N-dealkylation sites (N-methyl/N-ethyl adjacent to an activating group) is 1. The SMILES string of the molecule is CC.CN(C[C@H]1CCNC1)C(=O)C1CCOc2ccccc2O1.COCCCOC1C=C(C(=O)NC(C)C)C=CC1OC.[HH]. The van der Waals surface area contributed by atoms with E-state index in [2.05, 4.69) is 10.6 Å². The molecule has 10 nitrogen and oxygen atoms in total. The van der Waals surface area contributed by atoms with Crippen molar-refractivity contribution in [3.05, 3.63) is 48.1 Å². The molecule has 0 saturated carbocycles. The normalized spacial score (nSPS) is 22.3. The van der Waals surface area contributed by atoms with Crippen LogP contribution in [-0.2, 0) is 23.8 Å². The molecule has 0 bridgehead atoms. The van der Waals surface area contributed by atoms with E-state index in [1.54, 1.807) is 25.2 Å². The lowest BCUT2D eigenvalue weighted by Gasteiger charge is -2.25. The molecular weight excluding hydrogens is 550 g/mol. The summed E-state index contributed by atoms with van der Waals surface area (Å²) in [5.74, 6) is 1.88. The van der Waals surface area contributed by atoms with Crippen LogP contribution in [-0.4, -0.2) is 102 Å². The summed E-state index contributed by atoms with van der Waals surface area (Å²) < 4.78 is 27.6. The Kier molecular flexibility index (Phi) is 17.0. The maximum absolute atomic E-state index is 12.6. The molecular formula is C33H55N3O7. The van der Waals surface area contributed by atoms with Gasteiger partial charge >= 0.3 is 0 Å². The van der Waals surface area contributed by atoms with E-state index in [0.29, 0.717) is 43.5 Å². The topological polar surface area (TPSA) is 108 Å². The highest BCUT2D eigenvalue weighted by molar-refractivity contribution is 5.96. The number of amides is 2. The molecule has 1 aliphatic carbocycles. The van der Waals surface area contributed by atoms with Crippen molar-refractivity contribution in [2.75, 3.05) is 60.7 Å². The van der Waals surface area contributed by atoms with E-state index in [4.69, 9.17) is 23.7 Å². The number of methoxy groups -OCH3 is 2. The van der Waals surface area contributed by atoms with E-state index in [-0.39, 0.29) is 31.5 Å². The van der Waals surface area contributed by atoms with Crippen LogP contribution in [0.15, 0.2) is 48.1 Å². The summed E-state index contributed by atoms with van der Waals surface area (Å²) in [4.78, 5) is 26.4. The van der Waals surface area contributed by atoms with Crippen LogP contribution in [0.5, 0.6) is 11.5 Å². The second-order valence-corrected chi connectivity index (χ2v) is 10.8. The highest BCUT2D eigenvalue weighted by Gasteiger charge is 2.29. The van der Waals surface area contributed by atoms with Crippen LogP contribution in [0, 0.1) is 5.92 Å². The van der Waals surface area contributed by atoms with Gasteiger partial charge in [0.05, 0.1) is 6.61 Å². The number of hydrogen-bond donors (Lipinski definition) is 2. The summed E-state index contributed by atoms with van der Waals surface area (Å²) in [6, 6.07) is 7.63. The maximum atomic E-state index is 12.6. The van der Waals surface area contributed by atoms with E-state index < -0.39 is 6.10 Å². The molecule has 2 N–H and O–H groups in total. The van der Waals surface area contributed by atoms with Crippen LogP contribution in [0.25, 0.3) is 0 Å². The van der Waals surface area contributed by atoms with Crippen molar-refractivity contribution in [3.63, 3.8) is 0 Å². The second kappa shape index (κ2) is 20.1. The Hall–Kier alpha value is -2.92. The Balaban J connectivity index is 0.000000409. The van der Waals surface area contributed by atoms with Gasteiger partial charge in [-0.2, -0.15) is 0 Å². The van der Waals surface area contributed by atoms with Gasteiger partial charge in [0, 0.05) is 60.5 Å². The molecule has 43 heavy (non-hydrogen) atoms. The number of hydrogen-bond acceptors (Lipinski definition) is 8. The molecule has 1 fully saturated rings. The number of para-hydroxylation sites is 2. The molecule has 0 spiro atoms. The van der Waals surface area contributed by atoms with Crippen molar-refractivity contribution in [1.29, 1.82) is 0 Å². The number of nitrogens with zero attached hydrogens (tertiary/aromatic N) is 1. The summed E-state index contributed by atoms with van der Waals surface area (Å²) in [7, 11) is 5.16. The monoisotopic (exact) mass is 605 g/mol. The van der Waals surface area contributed by atoms with Crippen molar-refractivity contribution >= 4 is 11.8 Å². The number of benzene rings is 1. The molecule has 4 atom stereocenters. The summed E-state index contributed by atoms with van der Waals surface area (Å²) in [6.07, 6.45) is 7.14. The van der Waals surface area contributed by atoms with Gasteiger partial charge in [0.25, 0.3) is 11.8 Å². The van der Waals surface area contributed by atoms with Crippen molar-refractivity contribution in [1.82, 2.24) is 15.5 Å².